The standard InChI is InChI=1S/C14H18O2/c1-2-5-12-7-9-13(10-8-12)16-14-6-3-4-11-15-14/h2,7-10,14H,1,3-6,11H2/t14-/m1/s1. The summed E-state index contributed by atoms with van der Waals surface area (Å²) in [6.45, 7) is 4.54. The predicted molar refractivity (Wildman–Crippen MR) is 64.6 cm³/mol. The average molecular weight is 218 g/mol. The minimum Gasteiger partial charge on any atom is -0.465 e. The van der Waals surface area contributed by atoms with E-state index in [1.54, 1.807) is 0 Å². The van der Waals surface area contributed by atoms with Crippen LogP contribution in [0.4, 0.5) is 0 Å². The Morgan fingerprint density at radius 3 is 2.75 bits per heavy atom. The van der Waals surface area contributed by atoms with E-state index in [9.17, 15) is 0 Å². The SMILES string of the molecule is C=CCc1ccc(O[C@@H]2CCCCO2)cc1. The number of hydrogen-bond donors (Lipinski definition) is 0. The molecule has 1 fully saturated rings. The van der Waals surface area contributed by atoms with Gasteiger partial charge in [0.1, 0.15) is 5.75 Å². The molecule has 0 bridgehead atoms. The number of rotatable bonds is 4. The van der Waals surface area contributed by atoms with Gasteiger partial charge in [0.15, 0.2) is 6.29 Å². The highest BCUT2D eigenvalue weighted by Gasteiger charge is 2.14. The Hall–Kier alpha value is -1.28. The maximum absolute atomic E-state index is 5.74. The van der Waals surface area contributed by atoms with Gasteiger partial charge in [-0.25, -0.2) is 0 Å². The van der Waals surface area contributed by atoms with E-state index >= 15 is 0 Å². The highest BCUT2D eigenvalue weighted by Crippen LogP contribution is 2.19. The first kappa shape index (κ1) is 11.2. The molecule has 1 aliphatic heterocycles. The average Bonchev–Trinajstić information content (AvgIpc) is 2.33. The summed E-state index contributed by atoms with van der Waals surface area (Å²) >= 11 is 0. The van der Waals surface area contributed by atoms with E-state index in [-0.39, 0.29) is 6.29 Å². The van der Waals surface area contributed by atoms with Crippen molar-refractivity contribution in [3.05, 3.63) is 42.5 Å². The first-order valence-corrected chi connectivity index (χ1v) is 5.86. The third kappa shape index (κ3) is 3.11. The van der Waals surface area contributed by atoms with Crippen LogP contribution in [0.1, 0.15) is 24.8 Å². The molecule has 1 aromatic rings. The van der Waals surface area contributed by atoms with Gasteiger partial charge in [0.2, 0.25) is 0 Å². The minimum atomic E-state index is -0.0565. The molecule has 0 aromatic heterocycles. The fraction of sp³-hybridized carbons (Fsp3) is 0.429. The van der Waals surface area contributed by atoms with Crippen LogP contribution >= 0.6 is 0 Å². The second-order valence-electron chi connectivity index (χ2n) is 4.05. The first-order chi connectivity index (χ1) is 7.88. The highest BCUT2D eigenvalue weighted by atomic mass is 16.7. The lowest BCUT2D eigenvalue weighted by molar-refractivity contribution is -0.105. The zero-order valence-electron chi connectivity index (χ0n) is 9.52. The van der Waals surface area contributed by atoms with Gasteiger partial charge in [-0.05, 0) is 37.0 Å². The van der Waals surface area contributed by atoms with E-state index in [0.29, 0.717) is 0 Å². The fourth-order valence-electron chi connectivity index (χ4n) is 1.83. The Morgan fingerprint density at radius 1 is 1.31 bits per heavy atom. The molecule has 2 nitrogen and oxygen atoms in total. The predicted octanol–water partition coefficient (Wildman–Crippen LogP) is 3.32. The molecule has 0 radical (unpaired) electrons. The molecule has 2 rings (SSSR count). The molecule has 1 saturated heterocycles. The van der Waals surface area contributed by atoms with E-state index < -0.39 is 0 Å². The van der Waals surface area contributed by atoms with Crippen molar-refractivity contribution in [2.45, 2.75) is 32.0 Å². The molecule has 0 spiro atoms. The van der Waals surface area contributed by atoms with E-state index in [2.05, 4.69) is 18.7 Å². The number of benzene rings is 1. The Balaban J connectivity index is 1.90. The quantitative estimate of drug-likeness (QED) is 0.722. The molecular formula is C14H18O2. The number of hydrogen-bond acceptors (Lipinski definition) is 2. The van der Waals surface area contributed by atoms with Gasteiger partial charge in [-0.15, -0.1) is 6.58 Å². The van der Waals surface area contributed by atoms with E-state index in [1.165, 1.54) is 12.0 Å². The summed E-state index contributed by atoms with van der Waals surface area (Å²) in [5.41, 5.74) is 1.26. The lowest BCUT2D eigenvalue weighted by Gasteiger charge is -2.23. The van der Waals surface area contributed by atoms with Crippen molar-refractivity contribution in [1.82, 2.24) is 0 Å². The topological polar surface area (TPSA) is 18.5 Å². The molecule has 0 unspecified atom stereocenters. The normalized spacial score (nSPS) is 20.4. The molecular weight excluding hydrogens is 200 g/mol. The summed E-state index contributed by atoms with van der Waals surface area (Å²) in [7, 11) is 0. The molecule has 0 aliphatic carbocycles. The second kappa shape index (κ2) is 5.71. The molecule has 1 heterocycles. The molecule has 0 saturated carbocycles. The van der Waals surface area contributed by atoms with Gasteiger partial charge in [-0.1, -0.05) is 18.2 Å². The summed E-state index contributed by atoms with van der Waals surface area (Å²) < 4.78 is 11.3. The number of allylic oxidation sites excluding steroid dienone is 1. The smallest absolute Gasteiger partial charge is 0.199 e. The molecule has 2 heteroatoms. The van der Waals surface area contributed by atoms with Gasteiger partial charge < -0.3 is 9.47 Å². The third-order valence-corrected chi connectivity index (χ3v) is 2.71. The van der Waals surface area contributed by atoms with E-state index in [4.69, 9.17) is 9.47 Å². The zero-order valence-corrected chi connectivity index (χ0v) is 9.52. The zero-order chi connectivity index (χ0) is 11.2. The van der Waals surface area contributed by atoms with E-state index in [0.717, 1.165) is 31.6 Å². The van der Waals surface area contributed by atoms with Crippen molar-refractivity contribution in [1.29, 1.82) is 0 Å². The van der Waals surface area contributed by atoms with Crippen molar-refractivity contribution < 1.29 is 9.47 Å². The van der Waals surface area contributed by atoms with Gasteiger partial charge in [0.05, 0.1) is 6.61 Å². The molecule has 1 aliphatic rings. The van der Waals surface area contributed by atoms with Crippen LogP contribution in [0.5, 0.6) is 5.75 Å². The van der Waals surface area contributed by atoms with E-state index in [1.807, 2.05) is 18.2 Å². The van der Waals surface area contributed by atoms with Crippen molar-refractivity contribution in [2.75, 3.05) is 6.61 Å². The van der Waals surface area contributed by atoms with Crippen molar-refractivity contribution in [2.24, 2.45) is 0 Å². The largest absolute Gasteiger partial charge is 0.465 e. The Kier molecular flexibility index (Phi) is 4.00. The Labute approximate surface area is 96.9 Å². The molecule has 0 N–H and O–H groups in total. The van der Waals surface area contributed by atoms with Gasteiger partial charge in [0, 0.05) is 6.42 Å². The summed E-state index contributed by atoms with van der Waals surface area (Å²) in [6.07, 6.45) is 6.09. The first-order valence-electron chi connectivity index (χ1n) is 5.86. The Morgan fingerprint density at radius 2 is 2.12 bits per heavy atom. The summed E-state index contributed by atoms with van der Waals surface area (Å²) in [5.74, 6) is 0.889. The van der Waals surface area contributed by atoms with Crippen LogP contribution in [-0.4, -0.2) is 12.9 Å². The molecule has 1 atom stereocenters. The monoisotopic (exact) mass is 218 g/mol. The lowest BCUT2D eigenvalue weighted by atomic mass is 10.1. The van der Waals surface area contributed by atoms with Gasteiger partial charge in [-0.2, -0.15) is 0 Å². The van der Waals surface area contributed by atoms with Crippen LogP contribution in [0.3, 0.4) is 0 Å². The summed E-state index contributed by atoms with van der Waals surface area (Å²) in [4.78, 5) is 0. The Bertz CT molecular complexity index is 323. The van der Waals surface area contributed by atoms with Crippen LogP contribution in [-0.2, 0) is 11.2 Å². The molecule has 1 aromatic carbocycles. The van der Waals surface area contributed by atoms with Crippen LogP contribution < -0.4 is 4.74 Å². The van der Waals surface area contributed by atoms with Crippen molar-refractivity contribution >= 4 is 0 Å². The third-order valence-electron chi connectivity index (χ3n) is 2.71. The maximum Gasteiger partial charge on any atom is 0.199 e. The maximum atomic E-state index is 5.74. The van der Waals surface area contributed by atoms with Crippen LogP contribution in [0.15, 0.2) is 36.9 Å². The van der Waals surface area contributed by atoms with Crippen LogP contribution in [0, 0.1) is 0 Å². The number of ether oxygens (including phenoxy) is 2. The van der Waals surface area contributed by atoms with Gasteiger partial charge in [0.25, 0.3) is 0 Å². The summed E-state index contributed by atoms with van der Waals surface area (Å²) in [5, 5.41) is 0. The highest BCUT2D eigenvalue weighted by molar-refractivity contribution is 5.28. The second-order valence-corrected chi connectivity index (χ2v) is 4.05. The van der Waals surface area contributed by atoms with Crippen LogP contribution in [0.25, 0.3) is 0 Å². The van der Waals surface area contributed by atoms with Gasteiger partial charge >= 0.3 is 0 Å². The minimum absolute atomic E-state index is 0.0565. The molecule has 16 heavy (non-hydrogen) atoms. The van der Waals surface area contributed by atoms with Crippen molar-refractivity contribution in [3.8, 4) is 5.75 Å². The molecule has 86 valence electrons. The van der Waals surface area contributed by atoms with Crippen LogP contribution in [0.2, 0.25) is 0 Å². The lowest BCUT2D eigenvalue weighted by Crippen LogP contribution is -2.24. The van der Waals surface area contributed by atoms with Crippen molar-refractivity contribution in [3.63, 3.8) is 0 Å². The van der Waals surface area contributed by atoms with Gasteiger partial charge in [-0.3, -0.25) is 0 Å². The summed E-state index contributed by atoms with van der Waals surface area (Å²) in [6, 6.07) is 8.13. The fourth-order valence-corrected chi connectivity index (χ4v) is 1.83. The molecule has 0 amide bonds.